The Labute approximate surface area is 181 Å². The van der Waals surface area contributed by atoms with Gasteiger partial charge < -0.3 is 14.7 Å². The number of hydrogen-bond donors (Lipinski definition) is 2. The number of oxazole rings is 1. The van der Waals surface area contributed by atoms with E-state index in [1.54, 1.807) is 12.1 Å². The Morgan fingerprint density at radius 3 is 2.44 bits per heavy atom. The number of benzene rings is 3. The van der Waals surface area contributed by atoms with Gasteiger partial charge in [0.1, 0.15) is 17.3 Å². The highest BCUT2D eigenvalue weighted by Crippen LogP contribution is 2.33. The number of carbonyl (C=O) groups is 1. The lowest BCUT2D eigenvalue weighted by molar-refractivity contribution is 0.0917. The summed E-state index contributed by atoms with van der Waals surface area (Å²) in [5.74, 6) is -1.46. The van der Waals surface area contributed by atoms with Gasteiger partial charge in [0.05, 0.1) is 0 Å². The molecular weight excluding hydrogens is 412 g/mol. The second-order valence-electron chi connectivity index (χ2n) is 7.26. The number of halogens is 2. The zero-order valence-electron chi connectivity index (χ0n) is 16.7. The molecule has 0 bridgehead atoms. The van der Waals surface area contributed by atoms with Crippen LogP contribution >= 0.6 is 0 Å². The molecule has 0 aliphatic heterocycles. The summed E-state index contributed by atoms with van der Waals surface area (Å²) in [6, 6.07) is 19.3. The van der Waals surface area contributed by atoms with E-state index in [1.807, 2.05) is 30.5 Å². The molecule has 3 aromatic carbocycles. The fourth-order valence-electron chi connectivity index (χ4n) is 3.60. The minimum Gasteiger partial charge on any atom is -0.432 e. The Morgan fingerprint density at radius 1 is 0.938 bits per heavy atom. The number of nitrogens with one attached hydrogen (secondary N) is 2. The molecule has 0 aliphatic rings. The first-order chi connectivity index (χ1) is 15.6. The SMILES string of the molecule is O=C(NCc1c[nH]c2ccccc12)c1nc(-c2cccc(F)c2)c(-c2cccc(F)c2)o1. The molecule has 0 unspecified atom stereocenters. The van der Waals surface area contributed by atoms with Gasteiger partial charge in [0.15, 0.2) is 5.76 Å². The summed E-state index contributed by atoms with van der Waals surface area (Å²) in [5, 5.41) is 3.80. The number of amides is 1. The van der Waals surface area contributed by atoms with Gasteiger partial charge >= 0.3 is 5.91 Å². The number of H-pyrrole nitrogens is 1. The zero-order chi connectivity index (χ0) is 22.1. The third-order valence-electron chi connectivity index (χ3n) is 5.12. The van der Waals surface area contributed by atoms with E-state index in [2.05, 4.69) is 15.3 Å². The minimum atomic E-state index is -0.532. The minimum absolute atomic E-state index is 0.187. The molecule has 0 saturated heterocycles. The molecule has 0 saturated carbocycles. The van der Waals surface area contributed by atoms with Crippen molar-refractivity contribution in [3.63, 3.8) is 0 Å². The maximum Gasteiger partial charge on any atom is 0.307 e. The van der Waals surface area contributed by atoms with E-state index in [-0.39, 0.29) is 23.9 Å². The molecule has 0 spiro atoms. The second-order valence-corrected chi connectivity index (χ2v) is 7.26. The van der Waals surface area contributed by atoms with Crippen molar-refractivity contribution in [1.82, 2.24) is 15.3 Å². The van der Waals surface area contributed by atoms with E-state index in [9.17, 15) is 13.6 Å². The average molecular weight is 429 g/mol. The van der Waals surface area contributed by atoms with Gasteiger partial charge in [-0.3, -0.25) is 4.79 Å². The van der Waals surface area contributed by atoms with Crippen LogP contribution in [0.25, 0.3) is 33.5 Å². The number of aromatic amines is 1. The fourth-order valence-corrected chi connectivity index (χ4v) is 3.60. The largest absolute Gasteiger partial charge is 0.432 e. The Balaban J connectivity index is 1.48. The zero-order valence-corrected chi connectivity index (χ0v) is 16.7. The Kier molecular flexibility index (Phi) is 4.99. The summed E-state index contributed by atoms with van der Waals surface area (Å²) in [7, 11) is 0. The standard InChI is InChI=1S/C25H17F2N3O2/c26-18-7-3-5-15(11-18)22-23(16-6-4-8-19(27)12-16)32-25(30-22)24(31)29-14-17-13-28-21-10-2-1-9-20(17)21/h1-13,28H,14H2,(H,29,31). The van der Waals surface area contributed by atoms with Crippen molar-refractivity contribution in [2.75, 3.05) is 0 Å². The van der Waals surface area contributed by atoms with E-state index < -0.39 is 17.5 Å². The lowest BCUT2D eigenvalue weighted by Crippen LogP contribution is -2.23. The average Bonchev–Trinajstić information content (AvgIpc) is 3.42. The Bertz CT molecular complexity index is 1380. The molecular formula is C25H17F2N3O2. The molecule has 2 aromatic heterocycles. The molecule has 2 N–H and O–H groups in total. The monoisotopic (exact) mass is 429 g/mol. The van der Waals surface area contributed by atoms with Crippen molar-refractivity contribution < 1.29 is 18.0 Å². The van der Waals surface area contributed by atoms with Crippen LogP contribution in [0.4, 0.5) is 8.78 Å². The van der Waals surface area contributed by atoms with Crippen LogP contribution in [0.15, 0.2) is 83.4 Å². The van der Waals surface area contributed by atoms with Gasteiger partial charge in [-0.2, -0.15) is 0 Å². The number of para-hydroxylation sites is 1. The van der Waals surface area contributed by atoms with Gasteiger partial charge in [0.2, 0.25) is 0 Å². The topological polar surface area (TPSA) is 70.9 Å². The van der Waals surface area contributed by atoms with Crippen LogP contribution in [0.5, 0.6) is 0 Å². The van der Waals surface area contributed by atoms with Gasteiger partial charge in [-0.15, -0.1) is 0 Å². The van der Waals surface area contributed by atoms with E-state index in [0.29, 0.717) is 11.1 Å². The molecule has 7 heteroatoms. The van der Waals surface area contributed by atoms with Gasteiger partial charge in [0.25, 0.3) is 5.89 Å². The molecule has 0 aliphatic carbocycles. The molecule has 5 rings (SSSR count). The molecule has 5 aromatic rings. The quantitative estimate of drug-likeness (QED) is 0.377. The van der Waals surface area contributed by atoms with Crippen molar-refractivity contribution in [2.45, 2.75) is 6.54 Å². The first kappa shape index (κ1) is 19.7. The van der Waals surface area contributed by atoms with Crippen molar-refractivity contribution in [3.8, 4) is 22.6 Å². The lowest BCUT2D eigenvalue weighted by Gasteiger charge is -2.02. The third-order valence-corrected chi connectivity index (χ3v) is 5.12. The van der Waals surface area contributed by atoms with Gasteiger partial charge in [-0.05, 0) is 35.9 Å². The molecule has 2 heterocycles. The van der Waals surface area contributed by atoms with Crippen LogP contribution < -0.4 is 5.32 Å². The van der Waals surface area contributed by atoms with E-state index in [1.165, 1.54) is 36.4 Å². The molecule has 1 amide bonds. The molecule has 5 nitrogen and oxygen atoms in total. The number of rotatable bonds is 5. The molecule has 158 valence electrons. The van der Waals surface area contributed by atoms with Gasteiger partial charge in [-0.25, -0.2) is 13.8 Å². The van der Waals surface area contributed by atoms with Crippen LogP contribution in [-0.4, -0.2) is 15.9 Å². The molecule has 0 atom stereocenters. The van der Waals surface area contributed by atoms with E-state index in [4.69, 9.17) is 4.42 Å². The van der Waals surface area contributed by atoms with Crippen LogP contribution in [-0.2, 0) is 6.54 Å². The highest BCUT2D eigenvalue weighted by atomic mass is 19.1. The normalized spacial score (nSPS) is 11.1. The van der Waals surface area contributed by atoms with Crippen molar-refractivity contribution in [2.24, 2.45) is 0 Å². The predicted octanol–water partition coefficient (Wildman–Crippen LogP) is 5.70. The summed E-state index contributed by atoms with van der Waals surface area (Å²) >= 11 is 0. The third kappa shape index (κ3) is 3.76. The number of aromatic nitrogens is 2. The van der Waals surface area contributed by atoms with Crippen molar-refractivity contribution >= 4 is 16.8 Å². The first-order valence-corrected chi connectivity index (χ1v) is 9.94. The summed E-state index contributed by atoms with van der Waals surface area (Å²) in [5.41, 5.74) is 2.95. The van der Waals surface area contributed by atoms with Gasteiger partial charge in [-0.1, -0.05) is 42.5 Å². The van der Waals surface area contributed by atoms with Crippen molar-refractivity contribution in [3.05, 3.63) is 102 Å². The smallest absolute Gasteiger partial charge is 0.307 e. The van der Waals surface area contributed by atoms with Crippen LogP contribution in [0, 0.1) is 11.6 Å². The molecule has 0 radical (unpaired) electrons. The van der Waals surface area contributed by atoms with Crippen molar-refractivity contribution in [1.29, 1.82) is 0 Å². The van der Waals surface area contributed by atoms with E-state index >= 15 is 0 Å². The lowest BCUT2D eigenvalue weighted by atomic mass is 10.1. The van der Waals surface area contributed by atoms with Crippen LogP contribution in [0.1, 0.15) is 16.2 Å². The summed E-state index contributed by atoms with van der Waals surface area (Å²) in [6.45, 7) is 0.260. The Morgan fingerprint density at radius 2 is 1.66 bits per heavy atom. The second kappa shape index (κ2) is 8.11. The maximum absolute atomic E-state index is 13.8. The fraction of sp³-hybridized carbons (Fsp3) is 0.0400. The first-order valence-electron chi connectivity index (χ1n) is 9.94. The highest BCUT2D eigenvalue weighted by molar-refractivity contribution is 5.92. The maximum atomic E-state index is 13.8. The summed E-state index contributed by atoms with van der Waals surface area (Å²) in [4.78, 5) is 20.3. The summed E-state index contributed by atoms with van der Waals surface area (Å²) in [6.07, 6.45) is 1.83. The number of carbonyl (C=O) groups excluding carboxylic acids is 1. The number of fused-ring (bicyclic) bond motifs is 1. The van der Waals surface area contributed by atoms with Gasteiger partial charge in [0, 0.05) is 34.8 Å². The Hall–Kier alpha value is -4.26. The predicted molar refractivity (Wildman–Crippen MR) is 117 cm³/mol. The number of nitrogens with zero attached hydrogens (tertiary/aromatic N) is 1. The molecule has 0 fully saturated rings. The number of hydrogen-bond acceptors (Lipinski definition) is 3. The summed E-state index contributed by atoms with van der Waals surface area (Å²) < 4.78 is 33.4. The van der Waals surface area contributed by atoms with Crippen LogP contribution in [0.3, 0.4) is 0 Å². The van der Waals surface area contributed by atoms with E-state index in [0.717, 1.165) is 16.5 Å². The highest BCUT2D eigenvalue weighted by Gasteiger charge is 2.22. The molecule has 32 heavy (non-hydrogen) atoms. The van der Waals surface area contributed by atoms with Crippen LogP contribution in [0.2, 0.25) is 0 Å².